The number of ether oxygens (including phenoxy) is 1. The Morgan fingerprint density at radius 2 is 1.90 bits per heavy atom. The van der Waals surface area contributed by atoms with Crippen molar-refractivity contribution in [2.45, 2.75) is 13.3 Å². The SMILES string of the molecule is CC=CCOc1ccc(C(=O)NCCC[N+](C)(C)C)cc1. The molecule has 21 heavy (non-hydrogen) atoms. The van der Waals surface area contributed by atoms with Gasteiger partial charge in [-0.25, -0.2) is 0 Å². The molecule has 0 aromatic heterocycles. The van der Waals surface area contributed by atoms with E-state index < -0.39 is 0 Å². The van der Waals surface area contributed by atoms with E-state index >= 15 is 0 Å². The molecule has 1 aromatic carbocycles. The monoisotopic (exact) mass is 291 g/mol. The molecule has 1 N–H and O–H groups in total. The van der Waals surface area contributed by atoms with Crippen LogP contribution in [-0.4, -0.2) is 51.2 Å². The first-order chi connectivity index (χ1) is 9.92. The molecule has 0 saturated carbocycles. The van der Waals surface area contributed by atoms with Crippen molar-refractivity contribution in [2.75, 3.05) is 40.8 Å². The number of nitrogens with one attached hydrogen (secondary N) is 1. The Labute approximate surface area is 128 Å². The van der Waals surface area contributed by atoms with Gasteiger partial charge in [-0.2, -0.15) is 0 Å². The van der Waals surface area contributed by atoms with E-state index in [1.807, 2.05) is 31.2 Å². The number of carbonyl (C=O) groups excluding carboxylic acids is 1. The second-order valence-corrected chi connectivity index (χ2v) is 6.03. The van der Waals surface area contributed by atoms with Crippen molar-refractivity contribution in [3.8, 4) is 5.75 Å². The predicted octanol–water partition coefficient (Wildman–Crippen LogP) is 2.47. The molecule has 0 saturated heterocycles. The zero-order valence-corrected chi connectivity index (χ0v) is 13.6. The van der Waals surface area contributed by atoms with Crippen LogP contribution in [0.5, 0.6) is 5.75 Å². The molecule has 0 atom stereocenters. The highest BCUT2D eigenvalue weighted by Crippen LogP contribution is 2.12. The average Bonchev–Trinajstić information content (AvgIpc) is 2.43. The van der Waals surface area contributed by atoms with Crippen LogP contribution < -0.4 is 10.1 Å². The third-order valence-electron chi connectivity index (χ3n) is 2.99. The number of hydrogen-bond donors (Lipinski definition) is 1. The first kappa shape index (κ1) is 17.2. The van der Waals surface area contributed by atoms with E-state index in [2.05, 4.69) is 26.5 Å². The predicted molar refractivity (Wildman–Crippen MR) is 86.6 cm³/mol. The molecule has 0 aliphatic heterocycles. The summed E-state index contributed by atoms with van der Waals surface area (Å²) in [4.78, 5) is 12.0. The van der Waals surface area contributed by atoms with Gasteiger partial charge >= 0.3 is 0 Å². The summed E-state index contributed by atoms with van der Waals surface area (Å²) in [7, 11) is 6.44. The van der Waals surface area contributed by atoms with Gasteiger partial charge in [0, 0.05) is 18.5 Å². The van der Waals surface area contributed by atoms with Gasteiger partial charge in [-0.1, -0.05) is 12.2 Å². The Morgan fingerprint density at radius 1 is 1.24 bits per heavy atom. The molecule has 0 heterocycles. The number of amides is 1. The van der Waals surface area contributed by atoms with Crippen LogP contribution >= 0.6 is 0 Å². The lowest BCUT2D eigenvalue weighted by atomic mass is 10.2. The quantitative estimate of drug-likeness (QED) is 0.454. The lowest BCUT2D eigenvalue weighted by Gasteiger charge is -2.23. The summed E-state index contributed by atoms with van der Waals surface area (Å²) in [5.74, 6) is 0.742. The van der Waals surface area contributed by atoms with Crippen LogP contribution in [0.2, 0.25) is 0 Å². The van der Waals surface area contributed by atoms with Crippen molar-refractivity contribution in [2.24, 2.45) is 0 Å². The van der Waals surface area contributed by atoms with Crippen molar-refractivity contribution >= 4 is 5.91 Å². The normalized spacial score (nSPS) is 11.6. The van der Waals surface area contributed by atoms with Crippen LogP contribution in [0.1, 0.15) is 23.7 Å². The maximum Gasteiger partial charge on any atom is 0.251 e. The fraction of sp³-hybridized carbons (Fsp3) is 0.471. The number of nitrogens with zero attached hydrogens (tertiary/aromatic N) is 1. The van der Waals surface area contributed by atoms with Gasteiger partial charge in [-0.3, -0.25) is 4.79 Å². The van der Waals surface area contributed by atoms with E-state index in [4.69, 9.17) is 4.74 Å². The zero-order valence-electron chi connectivity index (χ0n) is 13.6. The molecular formula is C17H27N2O2+. The van der Waals surface area contributed by atoms with E-state index in [0.29, 0.717) is 18.7 Å². The second-order valence-electron chi connectivity index (χ2n) is 6.03. The van der Waals surface area contributed by atoms with Crippen molar-refractivity contribution in [1.29, 1.82) is 0 Å². The second kappa shape index (κ2) is 8.47. The molecule has 0 aliphatic carbocycles. The van der Waals surface area contributed by atoms with E-state index in [1.54, 1.807) is 12.1 Å². The van der Waals surface area contributed by atoms with Crippen LogP contribution in [0, 0.1) is 0 Å². The lowest BCUT2D eigenvalue weighted by molar-refractivity contribution is -0.870. The molecule has 1 aromatic rings. The van der Waals surface area contributed by atoms with Crippen LogP contribution in [0.25, 0.3) is 0 Å². The standard InChI is InChI=1S/C17H26N2O2/c1-5-6-14-21-16-10-8-15(9-11-16)17(20)18-12-7-13-19(2,3)4/h5-6,8-11H,7,12-14H2,1-4H3/p+1. The minimum atomic E-state index is -0.0311. The minimum Gasteiger partial charge on any atom is -0.490 e. The molecule has 1 amide bonds. The Hall–Kier alpha value is -1.81. The maximum atomic E-state index is 12.0. The number of quaternary nitrogens is 1. The van der Waals surface area contributed by atoms with Gasteiger partial charge < -0.3 is 14.5 Å². The largest absolute Gasteiger partial charge is 0.490 e. The average molecular weight is 291 g/mol. The van der Waals surface area contributed by atoms with Gasteiger partial charge in [0.1, 0.15) is 12.4 Å². The first-order valence-corrected chi connectivity index (χ1v) is 7.35. The summed E-state index contributed by atoms with van der Waals surface area (Å²) in [5, 5.41) is 2.94. The molecule has 0 bridgehead atoms. The van der Waals surface area contributed by atoms with Gasteiger partial charge in [0.25, 0.3) is 5.91 Å². The molecule has 116 valence electrons. The zero-order chi connectivity index (χ0) is 15.7. The number of allylic oxidation sites excluding steroid dienone is 1. The fourth-order valence-corrected chi connectivity index (χ4v) is 1.80. The summed E-state index contributed by atoms with van der Waals surface area (Å²) in [6.07, 6.45) is 4.85. The molecule has 0 radical (unpaired) electrons. The van der Waals surface area contributed by atoms with Gasteiger partial charge in [0.15, 0.2) is 0 Å². The highest BCUT2D eigenvalue weighted by molar-refractivity contribution is 5.94. The van der Waals surface area contributed by atoms with Crippen LogP contribution in [0.15, 0.2) is 36.4 Å². The van der Waals surface area contributed by atoms with Crippen molar-refractivity contribution < 1.29 is 14.0 Å². The van der Waals surface area contributed by atoms with E-state index in [9.17, 15) is 4.79 Å². The summed E-state index contributed by atoms with van der Waals surface area (Å²) in [6, 6.07) is 7.23. The van der Waals surface area contributed by atoms with E-state index in [-0.39, 0.29) is 5.91 Å². The summed E-state index contributed by atoms with van der Waals surface area (Å²) >= 11 is 0. The summed E-state index contributed by atoms with van der Waals surface area (Å²) < 4.78 is 6.41. The highest BCUT2D eigenvalue weighted by atomic mass is 16.5. The molecule has 0 aliphatic rings. The van der Waals surface area contributed by atoms with Crippen molar-refractivity contribution in [3.05, 3.63) is 42.0 Å². The number of benzene rings is 1. The molecule has 0 fully saturated rings. The number of rotatable bonds is 8. The highest BCUT2D eigenvalue weighted by Gasteiger charge is 2.08. The molecule has 0 unspecified atom stereocenters. The van der Waals surface area contributed by atoms with E-state index in [0.717, 1.165) is 23.2 Å². The third-order valence-corrected chi connectivity index (χ3v) is 2.99. The maximum absolute atomic E-state index is 12.0. The molecule has 4 nitrogen and oxygen atoms in total. The number of hydrogen-bond acceptors (Lipinski definition) is 2. The van der Waals surface area contributed by atoms with Crippen molar-refractivity contribution in [3.63, 3.8) is 0 Å². The lowest BCUT2D eigenvalue weighted by Crippen LogP contribution is -2.37. The minimum absolute atomic E-state index is 0.0311. The topological polar surface area (TPSA) is 38.3 Å². The molecular weight excluding hydrogens is 264 g/mol. The molecule has 1 rings (SSSR count). The Morgan fingerprint density at radius 3 is 2.48 bits per heavy atom. The Balaban J connectivity index is 2.37. The summed E-state index contributed by atoms with van der Waals surface area (Å²) in [5.41, 5.74) is 0.665. The van der Waals surface area contributed by atoms with Gasteiger partial charge in [-0.05, 0) is 31.2 Å². The van der Waals surface area contributed by atoms with E-state index in [1.165, 1.54) is 0 Å². The van der Waals surface area contributed by atoms with Crippen LogP contribution in [0.3, 0.4) is 0 Å². The Bertz CT molecular complexity index is 459. The van der Waals surface area contributed by atoms with Gasteiger partial charge in [0.05, 0.1) is 27.7 Å². The van der Waals surface area contributed by atoms with Crippen LogP contribution in [-0.2, 0) is 0 Å². The van der Waals surface area contributed by atoms with Crippen molar-refractivity contribution in [1.82, 2.24) is 5.32 Å². The third kappa shape index (κ3) is 7.51. The molecule has 4 heteroatoms. The van der Waals surface area contributed by atoms with Gasteiger partial charge in [-0.15, -0.1) is 0 Å². The summed E-state index contributed by atoms with van der Waals surface area (Å²) in [6.45, 7) is 4.24. The Kier molecular flexibility index (Phi) is 6.96. The fourth-order valence-electron chi connectivity index (χ4n) is 1.80. The first-order valence-electron chi connectivity index (χ1n) is 7.35. The number of carbonyl (C=O) groups is 1. The van der Waals surface area contributed by atoms with Crippen LogP contribution in [0.4, 0.5) is 0 Å². The smallest absolute Gasteiger partial charge is 0.251 e. The molecule has 0 spiro atoms. The van der Waals surface area contributed by atoms with Gasteiger partial charge in [0.2, 0.25) is 0 Å².